The van der Waals surface area contributed by atoms with E-state index in [1.165, 1.54) is 32.7 Å². The highest BCUT2D eigenvalue weighted by Crippen LogP contribution is 2.39. The number of nitrogens with two attached hydrogens (primary N) is 1. The molecule has 1 heterocycles. The normalized spacial score (nSPS) is 10.0. The standard InChI is InChI=1S/C13H17N5O4S/c1-20-8-4-7(5-9(21-2)11(8)22-3)16-13(19)15-6-10-17-18-12(14)23-10/h4-5H,6H2,1-3H3,(H2,14,18)(H2,15,16,19). The van der Waals surface area contributed by atoms with Crippen LogP contribution in [-0.4, -0.2) is 37.6 Å². The first-order valence-corrected chi connectivity index (χ1v) is 7.31. The van der Waals surface area contributed by atoms with Gasteiger partial charge in [0.15, 0.2) is 11.5 Å². The van der Waals surface area contributed by atoms with Gasteiger partial charge in [-0.1, -0.05) is 11.3 Å². The average Bonchev–Trinajstić information content (AvgIpc) is 2.97. The van der Waals surface area contributed by atoms with Gasteiger partial charge >= 0.3 is 6.03 Å². The van der Waals surface area contributed by atoms with Gasteiger partial charge in [0.25, 0.3) is 0 Å². The Morgan fingerprint density at radius 2 is 1.83 bits per heavy atom. The van der Waals surface area contributed by atoms with Crippen molar-refractivity contribution in [2.24, 2.45) is 0 Å². The number of carbonyl (C=O) groups is 1. The molecule has 0 unspecified atom stereocenters. The van der Waals surface area contributed by atoms with Crippen molar-refractivity contribution >= 4 is 28.2 Å². The van der Waals surface area contributed by atoms with Crippen LogP contribution in [0.5, 0.6) is 17.2 Å². The van der Waals surface area contributed by atoms with Crippen LogP contribution in [0, 0.1) is 0 Å². The number of nitrogens with one attached hydrogen (secondary N) is 2. The molecule has 0 aliphatic rings. The predicted molar refractivity (Wildman–Crippen MR) is 86.3 cm³/mol. The molecule has 1 aromatic carbocycles. The van der Waals surface area contributed by atoms with E-state index in [1.54, 1.807) is 12.1 Å². The SMILES string of the molecule is COc1cc(NC(=O)NCc2nnc(N)s2)cc(OC)c1OC. The fourth-order valence-corrected chi connectivity index (χ4v) is 2.37. The minimum Gasteiger partial charge on any atom is -0.493 e. The van der Waals surface area contributed by atoms with Gasteiger partial charge in [-0.25, -0.2) is 4.79 Å². The highest BCUT2D eigenvalue weighted by molar-refractivity contribution is 7.15. The first-order valence-electron chi connectivity index (χ1n) is 6.50. The van der Waals surface area contributed by atoms with Crippen LogP contribution in [-0.2, 0) is 6.54 Å². The van der Waals surface area contributed by atoms with Gasteiger partial charge in [0.2, 0.25) is 10.9 Å². The molecule has 2 aromatic rings. The maximum absolute atomic E-state index is 11.9. The quantitative estimate of drug-likeness (QED) is 0.728. The molecule has 0 saturated carbocycles. The van der Waals surface area contributed by atoms with E-state index < -0.39 is 6.03 Å². The number of hydrogen-bond acceptors (Lipinski definition) is 8. The Kier molecular flexibility index (Phi) is 5.41. The number of nitrogen functional groups attached to an aromatic ring is 1. The predicted octanol–water partition coefficient (Wildman–Crippen LogP) is 1.47. The number of methoxy groups -OCH3 is 3. The molecular formula is C13H17N5O4S. The molecule has 0 radical (unpaired) electrons. The number of urea groups is 1. The molecule has 0 saturated heterocycles. The molecule has 2 amide bonds. The first kappa shape index (κ1) is 16.6. The lowest BCUT2D eigenvalue weighted by atomic mass is 10.2. The van der Waals surface area contributed by atoms with Crippen LogP contribution in [0.1, 0.15) is 5.01 Å². The summed E-state index contributed by atoms with van der Waals surface area (Å²) < 4.78 is 15.7. The molecule has 2 rings (SSSR count). The van der Waals surface area contributed by atoms with Crippen molar-refractivity contribution in [1.82, 2.24) is 15.5 Å². The van der Waals surface area contributed by atoms with Crippen LogP contribution >= 0.6 is 11.3 Å². The van der Waals surface area contributed by atoms with E-state index in [0.717, 1.165) is 0 Å². The molecule has 0 atom stereocenters. The molecule has 0 spiro atoms. The van der Waals surface area contributed by atoms with Crippen molar-refractivity contribution in [3.63, 3.8) is 0 Å². The third kappa shape index (κ3) is 4.13. The fraction of sp³-hybridized carbons (Fsp3) is 0.308. The molecule has 124 valence electrons. The van der Waals surface area contributed by atoms with Crippen LogP contribution in [0.2, 0.25) is 0 Å². The van der Waals surface area contributed by atoms with Crippen LogP contribution in [0.15, 0.2) is 12.1 Å². The number of hydrogen-bond donors (Lipinski definition) is 3. The smallest absolute Gasteiger partial charge is 0.319 e. The van der Waals surface area contributed by atoms with E-state index in [4.69, 9.17) is 19.9 Å². The fourth-order valence-electron chi connectivity index (χ4n) is 1.82. The van der Waals surface area contributed by atoms with Gasteiger partial charge in [0, 0.05) is 12.1 Å². The molecule has 0 aliphatic carbocycles. The zero-order valence-corrected chi connectivity index (χ0v) is 13.7. The Bertz CT molecular complexity index is 666. The Balaban J connectivity index is 2.05. The molecule has 4 N–H and O–H groups in total. The van der Waals surface area contributed by atoms with Gasteiger partial charge in [0.1, 0.15) is 5.01 Å². The second-order valence-electron chi connectivity index (χ2n) is 4.26. The van der Waals surface area contributed by atoms with E-state index in [9.17, 15) is 4.79 Å². The van der Waals surface area contributed by atoms with Crippen LogP contribution < -0.4 is 30.6 Å². The van der Waals surface area contributed by atoms with E-state index in [0.29, 0.717) is 33.1 Å². The van der Waals surface area contributed by atoms with Crippen molar-refractivity contribution < 1.29 is 19.0 Å². The highest BCUT2D eigenvalue weighted by Gasteiger charge is 2.14. The molecule has 9 nitrogen and oxygen atoms in total. The number of benzene rings is 1. The van der Waals surface area contributed by atoms with Crippen molar-refractivity contribution in [3.05, 3.63) is 17.1 Å². The number of carbonyl (C=O) groups excluding carboxylic acids is 1. The molecule has 23 heavy (non-hydrogen) atoms. The third-order valence-electron chi connectivity index (χ3n) is 2.81. The summed E-state index contributed by atoms with van der Waals surface area (Å²) in [4.78, 5) is 11.9. The van der Waals surface area contributed by atoms with Crippen molar-refractivity contribution in [2.75, 3.05) is 32.4 Å². The number of amides is 2. The highest BCUT2D eigenvalue weighted by atomic mass is 32.1. The zero-order valence-electron chi connectivity index (χ0n) is 12.9. The largest absolute Gasteiger partial charge is 0.493 e. The van der Waals surface area contributed by atoms with Crippen molar-refractivity contribution in [2.45, 2.75) is 6.54 Å². The Morgan fingerprint density at radius 3 is 2.30 bits per heavy atom. The summed E-state index contributed by atoms with van der Waals surface area (Å²) in [6.07, 6.45) is 0. The monoisotopic (exact) mass is 339 g/mol. The maximum Gasteiger partial charge on any atom is 0.319 e. The molecule has 10 heteroatoms. The molecule has 1 aromatic heterocycles. The van der Waals surface area contributed by atoms with Crippen LogP contribution in [0.4, 0.5) is 15.6 Å². The number of ether oxygens (including phenoxy) is 3. The lowest BCUT2D eigenvalue weighted by Crippen LogP contribution is -2.28. The number of nitrogens with zero attached hydrogens (tertiary/aromatic N) is 2. The summed E-state index contributed by atoms with van der Waals surface area (Å²) in [7, 11) is 4.51. The number of anilines is 2. The summed E-state index contributed by atoms with van der Waals surface area (Å²) in [5.41, 5.74) is 5.97. The Morgan fingerprint density at radius 1 is 1.17 bits per heavy atom. The Hall–Kier alpha value is -2.75. The van der Waals surface area contributed by atoms with E-state index in [2.05, 4.69) is 20.8 Å². The Labute approximate surface area is 136 Å². The van der Waals surface area contributed by atoms with Gasteiger partial charge in [-0.15, -0.1) is 10.2 Å². The average molecular weight is 339 g/mol. The number of rotatable bonds is 6. The summed E-state index contributed by atoms with van der Waals surface area (Å²) in [6.45, 7) is 0.227. The molecule has 0 fully saturated rings. The van der Waals surface area contributed by atoms with Gasteiger partial charge in [-0.2, -0.15) is 0 Å². The lowest BCUT2D eigenvalue weighted by Gasteiger charge is -2.14. The molecule has 0 bridgehead atoms. The second-order valence-corrected chi connectivity index (χ2v) is 5.35. The van der Waals surface area contributed by atoms with Crippen molar-refractivity contribution in [3.8, 4) is 17.2 Å². The van der Waals surface area contributed by atoms with Crippen molar-refractivity contribution in [1.29, 1.82) is 0 Å². The minimum atomic E-state index is -0.409. The first-order chi connectivity index (χ1) is 11.1. The third-order valence-corrected chi connectivity index (χ3v) is 3.56. The van der Waals surface area contributed by atoms with Gasteiger partial charge in [-0.3, -0.25) is 0 Å². The second kappa shape index (κ2) is 7.49. The summed E-state index contributed by atoms with van der Waals surface area (Å²) in [5, 5.41) is 13.8. The van der Waals surface area contributed by atoms with Crippen LogP contribution in [0.25, 0.3) is 0 Å². The topological polar surface area (TPSA) is 121 Å². The number of aromatic nitrogens is 2. The van der Waals surface area contributed by atoms with E-state index >= 15 is 0 Å². The summed E-state index contributed by atoms with van der Waals surface area (Å²) >= 11 is 1.21. The summed E-state index contributed by atoms with van der Waals surface area (Å²) in [5.74, 6) is 1.34. The molecule has 0 aliphatic heterocycles. The van der Waals surface area contributed by atoms with E-state index in [-0.39, 0.29) is 6.54 Å². The van der Waals surface area contributed by atoms with Crippen LogP contribution in [0.3, 0.4) is 0 Å². The van der Waals surface area contributed by atoms with Gasteiger partial charge in [0.05, 0.1) is 33.6 Å². The minimum absolute atomic E-state index is 0.227. The lowest BCUT2D eigenvalue weighted by molar-refractivity contribution is 0.251. The van der Waals surface area contributed by atoms with E-state index in [1.807, 2.05) is 0 Å². The summed E-state index contributed by atoms with van der Waals surface area (Å²) in [6, 6.07) is 2.85. The van der Waals surface area contributed by atoms with Gasteiger partial charge in [-0.05, 0) is 0 Å². The molecular weight excluding hydrogens is 322 g/mol. The maximum atomic E-state index is 11.9. The zero-order chi connectivity index (χ0) is 16.8. The van der Waals surface area contributed by atoms with Gasteiger partial charge < -0.3 is 30.6 Å².